The first-order valence-electron chi connectivity index (χ1n) is 5.59. The van der Waals surface area contributed by atoms with Gasteiger partial charge in [0.2, 0.25) is 0 Å². The fourth-order valence-electron chi connectivity index (χ4n) is 1.55. The fraction of sp³-hybridized carbons (Fsp3) is 0.200. The predicted molar refractivity (Wildman–Crippen MR) is 70.9 cm³/mol. The smallest absolute Gasteiger partial charge is 0.138 e. The molecule has 0 atom stereocenters. The summed E-state index contributed by atoms with van der Waals surface area (Å²) in [7, 11) is 4.04. The molecule has 0 saturated heterocycles. The monoisotopic (exact) mass is 226 g/mol. The first-order valence-corrected chi connectivity index (χ1v) is 5.59. The van der Waals surface area contributed by atoms with Crippen LogP contribution in [0, 0.1) is 13.0 Å². The lowest BCUT2D eigenvalue weighted by Crippen LogP contribution is -2.07. The highest BCUT2D eigenvalue weighted by Crippen LogP contribution is 2.25. The summed E-state index contributed by atoms with van der Waals surface area (Å²) in [5.74, 6) is 1.62. The van der Waals surface area contributed by atoms with E-state index in [1.807, 2.05) is 63.5 Å². The Labute approximate surface area is 102 Å². The van der Waals surface area contributed by atoms with E-state index >= 15 is 0 Å². The van der Waals surface area contributed by atoms with Gasteiger partial charge in [-0.1, -0.05) is 18.2 Å². The molecule has 0 bridgehead atoms. The second kappa shape index (κ2) is 4.91. The molecular formula is C15H16NO. The second-order valence-electron chi connectivity index (χ2n) is 4.17. The van der Waals surface area contributed by atoms with Crippen molar-refractivity contribution in [2.75, 3.05) is 19.0 Å². The molecule has 2 nitrogen and oxygen atoms in total. The average Bonchev–Trinajstić information content (AvgIpc) is 2.33. The predicted octanol–water partition coefficient (Wildman–Crippen LogP) is 3.65. The average molecular weight is 226 g/mol. The second-order valence-corrected chi connectivity index (χ2v) is 4.17. The number of anilines is 1. The zero-order chi connectivity index (χ0) is 12.3. The Balaban J connectivity index is 2.17. The number of aryl methyl sites for hydroxylation is 1. The summed E-state index contributed by atoms with van der Waals surface area (Å²) in [6, 6.07) is 16.9. The Bertz CT molecular complexity index is 489. The molecule has 0 aromatic heterocycles. The van der Waals surface area contributed by atoms with Crippen LogP contribution in [0.15, 0.2) is 42.5 Å². The molecule has 0 saturated carbocycles. The summed E-state index contributed by atoms with van der Waals surface area (Å²) in [5, 5.41) is 0. The molecule has 0 N–H and O–H groups in total. The van der Waals surface area contributed by atoms with Gasteiger partial charge in [0, 0.05) is 25.8 Å². The molecule has 0 heterocycles. The molecule has 0 fully saturated rings. The minimum absolute atomic E-state index is 0.783. The van der Waals surface area contributed by atoms with Crippen molar-refractivity contribution in [3.05, 3.63) is 54.1 Å². The zero-order valence-corrected chi connectivity index (χ0v) is 10.4. The van der Waals surface area contributed by atoms with Crippen molar-refractivity contribution in [3.63, 3.8) is 0 Å². The molecular weight excluding hydrogens is 210 g/mol. The Morgan fingerprint density at radius 3 is 2.35 bits per heavy atom. The molecule has 2 aromatic carbocycles. The number of hydrogen-bond donors (Lipinski definition) is 0. The van der Waals surface area contributed by atoms with Crippen molar-refractivity contribution in [2.45, 2.75) is 6.92 Å². The van der Waals surface area contributed by atoms with Gasteiger partial charge in [-0.25, -0.2) is 0 Å². The minimum atomic E-state index is 0.783. The normalized spacial score (nSPS) is 10.1. The summed E-state index contributed by atoms with van der Waals surface area (Å²) in [6.07, 6.45) is 0. The van der Waals surface area contributed by atoms with E-state index in [4.69, 9.17) is 4.74 Å². The van der Waals surface area contributed by atoms with Crippen LogP contribution in [-0.4, -0.2) is 14.1 Å². The molecule has 17 heavy (non-hydrogen) atoms. The molecule has 2 rings (SSSR count). The van der Waals surface area contributed by atoms with Crippen LogP contribution in [0.3, 0.4) is 0 Å². The Morgan fingerprint density at radius 1 is 1.06 bits per heavy atom. The maximum absolute atomic E-state index is 5.77. The number of rotatable bonds is 3. The fourth-order valence-corrected chi connectivity index (χ4v) is 1.55. The quantitative estimate of drug-likeness (QED) is 0.792. The summed E-state index contributed by atoms with van der Waals surface area (Å²) >= 11 is 0. The van der Waals surface area contributed by atoms with Crippen LogP contribution in [0.5, 0.6) is 11.5 Å². The standard InChI is InChI=1S/C15H16NO/c1-12-6-4-5-7-15(12)17-14-10-8-13(9-11-14)16(2)3/h4-6,8-11H,1-3H3. The lowest BCUT2D eigenvalue weighted by Gasteiger charge is -2.13. The van der Waals surface area contributed by atoms with Crippen LogP contribution in [-0.2, 0) is 0 Å². The topological polar surface area (TPSA) is 12.5 Å². The maximum Gasteiger partial charge on any atom is 0.138 e. The van der Waals surface area contributed by atoms with Crippen LogP contribution >= 0.6 is 0 Å². The van der Waals surface area contributed by atoms with Gasteiger partial charge in [-0.2, -0.15) is 0 Å². The number of ether oxygens (including phenoxy) is 1. The molecule has 2 aromatic rings. The highest BCUT2D eigenvalue weighted by Gasteiger charge is 2.01. The summed E-state index contributed by atoms with van der Waals surface area (Å²) in [5.41, 5.74) is 2.25. The number of para-hydroxylation sites is 1. The molecule has 0 aliphatic rings. The largest absolute Gasteiger partial charge is 0.456 e. The molecule has 0 amide bonds. The first-order chi connectivity index (χ1) is 8.16. The molecule has 0 aliphatic heterocycles. The van der Waals surface area contributed by atoms with Crippen LogP contribution in [0.25, 0.3) is 0 Å². The maximum atomic E-state index is 5.77. The zero-order valence-electron chi connectivity index (χ0n) is 10.4. The van der Waals surface area contributed by atoms with Crippen molar-refractivity contribution >= 4 is 5.69 Å². The lowest BCUT2D eigenvalue weighted by atomic mass is 10.2. The molecule has 1 radical (unpaired) electrons. The van der Waals surface area contributed by atoms with Gasteiger partial charge in [-0.3, -0.25) is 0 Å². The van der Waals surface area contributed by atoms with Gasteiger partial charge < -0.3 is 9.64 Å². The third-order valence-corrected chi connectivity index (χ3v) is 2.59. The van der Waals surface area contributed by atoms with E-state index < -0.39 is 0 Å². The first kappa shape index (κ1) is 11.5. The van der Waals surface area contributed by atoms with Crippen LogP contribution in [0.4, 0.5) is 5.69 Å². The van der Waals surface area contributed by atoms with Crippen LogP contribution < -0.4 is 9.64 Å². The molecule has 87 valence electrons. The van der Waals surface area contributed by atoms with E-state index in [1.54, 1.807) is 0 Å². The molecule has 0 spiro atoms. The minimum Gasteiger partial charge on any atom is -0.456 e. The van der Waals surface area contributed by atoms with Gasteiger partial charge >= 0.3 is 0 Å². The van der Waals surface area contributed by atoms with Gasteiger partial charge in [0.15, 0.2) is 0 Å². The SMILES string of the molecule is Cc1ccc[c]c1Oc1ccc(N(C)C)cc1. The lowest BCUT2D eigenvalue weighted by molar-refractivity contribution is 0.478. The molecule has 0 aliphatic carbocycles. The van der Waals surface area contributed by atoms with Crippen molar-refractivity contribution in [1.29, 1.82) is 0 Å². The summed E-state index contributed by atoms with van der Waals surface area (Å²) in [6.45, 7) is 2.01. The third-order valence-electron chi connectivity index (χ3n) is 2.59. The Hall–Kier alpha value is -1.96. The number of nitrogens with zero attached hydrogens (tertiary/aromatic N) is 1. The van der Waals surface area contributed by atoms with Crippen molar-refractivity contribution in [2.24, 2.45) is 0 Å². The third kappa shape index (κ3) is 2.78. The Kier molecular flexibility index (Phi) is 3.33. The van der Waals surface area contributed by atoms with Crippen molar-refractivity contribution in [3.8, 4) is 11.5 Å². The van der Waals surface area contributed by atoms with Gasteiger partial charge in [0.1, 0.15) is 11.5 Å². The van der Waals surface area contributed by atoms with Crippen LogP contribution in [0.2, 0.25) is 0 Å². The van der Waals surface area contributed by atoms with Gasteiger partial charge in [0.05, 0.1) is 0 Å². The molecule has 2 heteroatoms. The van der Waals surface area contributed by atoms with Gasteiger partial charge in [-0.05, 0) is 36.8 Å². The van der Waals surface area contributed by atoms with E-state index in [9.17, 15) is 0 Å². The van der Waals surface area contributed by atoms with Crippen molar-refractivity contribution < 1.29 is 4.74 Å². The highest BCUT2D eigenvalue weighted by molar-refractivity contribution is 5.48. The summed E-state index contributed by atoms with van der Waals surface area (Å²) in [4.78, 5) is 2.06. The number of benzene rings is 2. The van der Waals surface area contributed by atoms with Gasteiger partial charge in [-0.15, -0.1) is 0 Å². The van der Waals surface area contributed by atoms with E-state index in [2.05, 4.69) is 11.0 Å². The van der Waals surface area contributed by atoms with Gasteiger partial charge in [0.25, 0.3) is 0 Å². The van der Waals surface area contributed by atoms with E-state index in [0.717, 1.165) is 22.7 Å². The van der Waals surface area contributed by atoms with E-state index in [1.165, 1.54) is 0 Å². The molecule has 0 unspecified atom stereocenters. The van der Waals surface area contributed by atoms with Crippen molar-refractivity contribution in [1.82, 2.24) is 0 Å². The number of hydrogen-bond acceptors (Lipinski definition) is 2. The Morgan fingerprint density at radius 2 is 1.76 bits per heavy atom. The van der Waals surface area contributed by atoms with Crippen LogP contribution in [0.1, 0.15) is 5.56 Å². The summed E-state index contributed by atoms with van der Waals surface area (Å²) < 4.78 is 5.77. The van der Waals surface area contributed by atoms with E-state index in [-0.39, 0.29) is 0 Å². The highest BCUT2D eigenvalue weighted by atomic mass is 16.5. The van der Waals surface area contributed by atoms with E-state index in [0.29, 0.717) is 0 Å².